The Kier molecular flexibility index (Phi) is 5.20. The lowest BCUT2D eigenvalue weighted by Crippen LogP contribution is -2.41. The van der Waals surface area contributed by atoms with Crippen LogP contribution in [0, 0.1) is 0 Å². The number of nitrogens with one attached hydrogen (secondary N) is 1. The first-order valence-corrected chi connectivity index (χ1v) is 8.45. The summed E-state index contributed by atoms with van der Waals surface area (Å²) in [5, 5.41) is 5.25. The zero-order chi connectivity index (χ0) is 16.9. The van der Waals surface area contributed by atoms with Crippen molar-refractivity contribution in [2.45, 2.75) is 12.5 Å². The van der Waals surface area contributed by atoms with E-state index in [1.807, 2.05) is 43.3 Å². The van der Waals surface area contributed by atoms with Gasteiger partial charge in [-0.05, 0) is 25.5 Å². The zero-order valence-electron chi connectivity index (χ0n) is 14.4. The van der Waals surface area contributed by atoms with Crippen LogP contribution in [0.2, 0.25) is 0 Å². The SMILES string of the molecule is CN(C)CCNC(=O)N1CCC(Oc2cccc3ccccc23)C1. The molecular formula is C19H25N3O2. The number of likely N-dealkylation sites (N-methyl/N-ethyl adjacent to an activating group) is 1. The predicted octanol–water partition coefficient (Wildman–Crippen LogP) is 2.56. The van der Waals surface area contributed by atoms with Crippen molar-refractivity contribution in [1.29, 1.82) is 0 Å². The van der Waals surface area contributed by atoms with Crippen LogP contribution in [0.4, 0.5) is 4.79 Å². The first kappa shape index (κ1) is 16.6. The molecule has 1 N–H and O–H groups in total. The van der Waals surface area contributed by atoms with Crippen LogP contribution in [-0.2, 0) is 0 Å². The fourth-order valence-electron chi connectivity index (χ4n) is 2.99. The molecule has 5 heteroatoms. The third kappa shape index (κ3) is 3.97. The molecule has 0 spiro atoms. The number of rotatable bonds is 5. The van der Waals surface area contributed by atoms with Gasteiger partial charge in [0.25, 0.3) is 0 Å². The highest BCUT2D eigenvalue weighted by atomic mass is 16.5. The Morgan fingerprint density at radius 1 is 1.25 bits per heavy atom. The molecule has 24 heavy (non-hydrogen) atoms. The maximum atomic E-state index is 12.2. The minimum Gasteiger partial charge on any atom is -0.488 e. The Morgan fingerprint density at radius 3 is 2.88 bits per heavy atom. The van der Waals surface area contributed by atoms with Gasteiger partial charge < -0.3 is 19.9 Å². The lowest BCUT2D eigenvalue weighted by molar-refractivity contribution is 0.187. The average Bonchev–Trinajstić information content (AvgIpc) is 3.03. The quantitative estimate of drug-likeness (QED) is 0.918. The number of ether oxygens (including phenoxy) is 1. The Bertz CT molecular complexity index is 697. The van der Waals surface area contributed by atoms with Crippen molar-refractivity contribution in [3.05, 3.63) is 42.5 Å². The van der Waals surface area contributed by atoms with E-state index in [-0.39, 0.29) is 12.1 Å². The third-order valence-corrected chi connectivity index (χ3v) is 4.31. The summed E-state index contributed by atoms with van der Waals surface area (Å²) in [6.45, 7) is 2.88. The minimum atomic E-state index is 0.000805. The van der Waals surface area contributed by atoms with E-state index in [9.17, 15) is 4.79 Å². The van der Waals surface area contributed by atoms with Crippen molar-refractivity contribution >= 4 is 16.8 Å². The number of hydrogen-bond donors (Lipinski definition) is 1. The highest BCUT2D eigenvalue weighted by Crippen LogP contribution is 2.27. The fourth-order valence-corrected chi connectivity index (χ4v) is 2.99. The van der Waals surface area contributed by atoms with E-state index in [1.54, 1.807) is 0 Å². The van der Waals surface area contributed by atoms with Gasteiger partial charge in [-0.1, -0.05) is 36.4 Å². The Hall–Kier alpha value is -2.27. The normalized spacial score (nSPS) is 17.5. The molecule has 0 radical (unpaired) electrons. The lowest BCUT2D eigenvalue weighted by Gasteiger charge is -2.19. The number of benzene rings is 2. The number of likely N-dealkylation sites (tertiary alicyclic amines) is 1. The molecule has 128 valence electrons. The summed E-state index contributed by atoms with van der Waals surface area (Å²) in [5.41, 5.74) is 0. The molecule has 1 atom stereocenters. The van der Waals surface area contributed by atoms with Gasteiger partial charge in [0.1, 0.15) is 11.9 Å². The van der Waals surface area contributed by atoms with E-state index < -0.39 is 0 Å². The molecule has 1 aliphatic rings. The summed E-state index contributed by atoms with van der Waals surface area (Å²) in [4.78, 5) is 16.1. The number of amides is 2. The maximum Gasteiger partial charge on any atom is 0.317 e. The van der Waals surface area contributed by atoms with Crippen molar-refractivity contribution < 1.29 is 9.53 Å². The van der Waals surface area contributed by atoms with Crippen LogP contribution in [-0.4, -0.2) is 62.2 Å². The van der Waals surface area contributed by atoms with Crippen LogP contribution in [0.15, 0.2) is 42.5 Å². The van der Waals surface area contributed by atoms with Gasteiger partial charge in [0, 0.05) is 31.4 Å². The number of urea groups is 1. The Balaban J connectivity index is 1.57. The second-order valence-electron chi connectivity index (χ2n) is 6.49. The topological polar surface area (TPSA) is 44.8 Å². The van der Waals surface area contributed by atoms with E-state index in [0.717, 1.165) is 30.6 Å². The van der Waals surface area contributed by atoms with Gasteiger partial charge in [0.05, 0.1) is 6.54 Å². The molecule has 1 fully saturated rings. The molecule has 0 aliphatic carbocycles. The van der Waals surface area contributed by atoms with Crippen LogP contribution >= 0.6 is 0 Å². The summed E-state index contributed by atoms with van der Waals surface area (Å²) in [7, 11) is 3.99. The van der Waals surface area contributed by atoms with Crippen molar-refractivity contribution in [2.75, 3.05) is 40.3 Å². The number of carbonyl (C=O) groups is 1. The summed E-state index contributed by atoms with van der Waals surface area (Å²) in [5.74, 6) is 0.896. The van der Waals surface area contributed by atoms with Crippen LogP contribution in [0.5, 0.6) is 5.75 Å². The summed E-state index contributed by atoms with van der Waals surface area (Å²) < 4.78 is 6.18. The first-order valence-electron chi connectivity index (χ1n) is 8.45. The molecule has 3 rings (SSSR count). The third-order valence-electron chi connectivity index (χ3n) is 4.31. The van der Waals surface area contributed by atoms with Crippen molar-refractivity contribution in [3.8, 4) is 5.75 Å². The number of nitrogens with zero attached hydrogens (tertiary/aromatic N) is 2. The maximum absolute atomic E-state index is 12.2. The van der Waals surface area contributed by atoms with E-state index >= 15 is 0 Å². The van der Waals surface area contributed by atoms with Gasteiger partial charge in [-0.3, -0.25) is 0 Å². The first-order chi connectivity index (χ1) is 11.6. The van der Waals surface area contributed by atoms with Gasteiger partial charge in [0.2, 0.25) is 0 Å². The molecule has 0 bridgehead atoms. The highest BCUT2D eigenvalue weighted by Gasteiger charge is 2.27. The van der Waals surface area contributed by atoms with E-state index in [4.69, 9.17) is 4.74 Å². The van der Waals surface area contributed by atoms with Gasteiger partial charge >= 0.3 is 6.03 Å². The predicted molar refractivity (Wildman–Crippen MR) is 96.5 cm³/mol. The summed E-state index contributed by atoms with van der Waals surface area (Å²) in [6.07, 6.45) is 0.917. The van der Waals surface area contributed by atoms with Crippen molar-refractivity contribution in [3.63, 3.8) is 0 Å². The average molecular weight is 327 g/mol. The Morgan fingerprint density at radius 2 is 2.04 bits per heavy atom. The highest BCUT2D eigenvalue weighted by molar-refractivity contribution is 5.88. The smallest absolute Gasteiger partial charge is 0.317 e. The van der Waals surface area contributed by atoms with Crippen LogP contribution in [0.25, 0.3) is 10.8 Å². The summed E-state index contributed by atoms with van der Waals surface area (Å²) in [6, 6.07) is 14.3. The van der Waals surface area contributed by atoms with Crippen LogP contribution < -0.4 is 10.1 Å². The molecule has 1 saturated heterocycles. The molecule has 1 aliphatic heterocycles. The second-order valence-corrected chi connectivity index (χ2v) is 6.49. The number of carbonyl (C=O) groups excluding carboxylic acids is 1. The standard InChI is InChI=1S/C19H25N3O2/c1-21(2)13-11-20-19(23)22-12-10-16(14-22)24-18-9-5-7-15-6-3-4-8-17(15)18/h3-9,16H,10-14H2,1-2H3,(H,20,23). The molecule has 5 nitrogen and oxygen atoms in total. The molecule has 2 aromatic carbocycles. The van der Waals surface area contributed by atoms with Gasteiger partial charge in [-0.25, -0.2) is 4.79 Å². The van der Waals surface area contributed by atoms with E-state index in [1.165, 1.54) is 5.39 Å². The fraction of sp³-hybridized carbons (Fsp3) is 0.421. The van der Waals surface area contributed by atoms with Gasteiger partial charge in [-0.15, -0.1) is 0 Å². The zero-order valence-corrected chi connectivity index (χ0v) is 14.4. The number of fused-ring (bicyclic) bond motifs is 1. The summed E-state index contributed by atoms with van der Waals surface area (Å²) >= 11 is 0. The van der Waals surface area contributed by atoms with Gasteiger partial charge in [0.15, 0.2) is 0 Å². The molecule has 2 aromatic rings. The minimum absolute atomic E-state index is 0.000805. The molecule has 1 heterocycles. The van der Waals surface area contributed by atoms with Crippen LogP contribution in [0.3, 0.4) is 0 Å². The van der Waals surface area contributed by atoms with Crippen LogP contribution in [0.1, 0.15) is 6.42 Å². The van der Waals surface area contributed by atoms with Crippen molar-refractivity contribution in [2.24, 2.45) is 0 Å². The molecular weight excluding hydrogens is 302 g/mol. The molecule has 0 saturated carbocycles. The monoisotopic (exact) mass is 327 g/mol. The molecule has 1 unspecified atom stereocenters. The van der Waals surface area contributed by atoms with Gasteiger partial charge in [-0.2, -0.15) is 0 Å². The number of hydrogen-bond acceptors (Lipinski definition) is 3. The second kappa shape index (κ2) is 7.53. The van der Waals surface area contributed by atoms with Crippen molar-refractivity contribution in [1.82, 2.24) is 15.1 Å². The van der Waals surface area contributed by atoms with E-state index in [2.05, 4.69) is 28.4 Å². The van der Waals surface area contributed by atoms with E-state index in [0.29, 0.717) is 13.1 Å². The molecule has 2 amide bonds. The lowest BCUT2D eigenvalue weighted by atomic mass is 10.1. The largest absolute Gasteiger partial charge is 0.488 e. The Labute approximate surface area is 143 Å². The molecule has 0 aromatic heterocycles.